The number of hydrogen-bond donors (Lipinski definition) is 2. The summed E-state index contributed by atoms with van der Waals surface area (Å²) in [6, 6.07) is 5.08. The van der Waals surface area contributed by atoms with E-state index < -0.39 is 5.60 Å². The number of rotatable bonds is 7. The second-order valence-corrected chi connectivity index (χ2v) is 7.59. The zero-order chi connectivity index (χ0) is 21.6. The minimum absolute atomic E-state index is 0.0126. The molecule has 1 atom stereocenters. The van der Waals surface area contributed by atoms with Gasteiger partial charge in [-0.2, -0.15) is 0 Å². The third kappa shape index (κ3) is 5.21. The van der Waals surface area contributed by atoms with Gasteiger partial charge in [0.05, 0.1) is 25.8 Å². The molecule has 3 rings (SSSR count). The van der Waals surface area contributed by atoms with Gasteiger partial charge in [-0.05, 0) is 25.0 Å². The second-order valence-electron chi connectivity index (χ2n) is 7.59. The van der Waals surface area contributed by atoms with Gasteiger partial charge in [-0.25, -0.2) is 0 Å². The van der Waals surface area contributed by atoms with Gasteiger partial charge in [0.1, 0.15) is 17.1 Å². The maximum Gasteiger partial charge on any atom is 0.255 e. The Morgan fingerprint density at radius 2 is 2.13 bits per heavy atom. The van der Waals surface area contributed by atoms with E-state index in [2.05, 4.69) is 10.6 Å². The number of hydrogen-bond acceptors (Lipinski definition) is 6. The molecule has 0 saturated carbocycles. The third-order valence-corrected chi connectivity index (χ3v) is 5.50. The van der Waals surface area contributed by atoms with Crippen LogP contribution in [0.4, 0.5) is 0 Å². The van der Waals surface area contributed by atoms with Gasteiger partial charge in [0.2, 0.25) is 11.8 Å². The SMILES string of the molecule is COCCCNC(=O)CN1CCC2(CCC1=O)CNC(=O)c1ccc(OC)cc1O2. The van der Waals surface area contributed by atoms with Crippen LogP contribution in [0.3, 0.4) is 0 Å². The number of carbonyl (C=O) groups is 3. The average molecular weight is 419 g/mol. The summed E-state index contributed by atoms with van der Waals surface area (Å²) in [4.78, 5) is 38.8. The molecule has 0 bridgehead atoms. The summed E-state index contributed by atoms with van der Waals surface area (Å²) < 4.78 is 16.5. The predicted octanol–water partition coefficient (Wildman–Crippen LogP) is 0.721. The Morgan fingerprint density at radius 1 is 1.30 bits per heavy atom. The van der Waals surface area contributed by atoms with Gasteiger partial charge >= 0.3 is 0 Å². The first-order valence-electron chi connectivity index (χ1n) is 10.1. The van der Waals surface area contributed by atoms with E-state index in [0.29, 0.717) is 56.1 Å². The van der Waals surface area contributed by atoms with Crippen molar-refractivity contribution < 1.29 is 28.6 Å². The van der Waals surface area contributed by atoms with E-state index in [9.17, 15) is 14.4 Å². The number of fused-ring (bicyclic) bond motifs is 1. The van der Waals surface area contributed by atoms with Crippen molar-refractivity contribution in [3.05, 3.63) is 23.8 Å². The van der Waals surface area contributed by atoms with Gasteiger partial charge < -0.3 is 29.7 Å². The van der Waals surface area contributed by atoms with E-state index in [0.717, 1.165) is 6.42 Å². The first kappa shape index (κ1) is 21.9. The topological polar surface area (TPSA) is 106 Å². The first-order chi connectivity index (χ1) is 14.5. The standard InChI is InChI=1S/C21H29N3O6/c1-28-11-3-9-22-18(25)13-24-10-8-21(7-6-19(24)26)14-23-20(27)16-5-4-15(29-2)12-17(16)30-21/h4-5,12H,3,6-11,13-14H2,1-2H3,(H,22,25)(H,23,27). The van der Waals surface area contributed by atoms with Crippen molar-refractivity contribution in [2.24, 2.45) is 0 Å². The second kappa shape index (κ2) is 9.80. The minimum Gasteiger partial charge on any atom is -0.497 e. The lowest BCUT2D eigenvalue weighted by atomic mass is 9.94. The van der Waals surface area contributed by atoms with E-state index in [1.165, 1.54) is 0 Å². The smallest absolute Gasteiger partial charge is 0.255 e. The van der Waals surface area contributed by atoms with Gasteiger partial charge in [0.25, 0.3) is 5.91 Å². The summed E-state index contributed by atoms with van der Waals surface area (Å²) in [7, 11) is 3.16. The highest BCUT2D eigenvalue weighted by Crippen LogP contribution is 2.35. The number of nitrogens with zero attached hydrogens (tertiary/aromatic N) is 1. The fourth-order valence-electron chi connectivity index (χ4n) is 3.71. The Morgan fingerprint density at radius 3 is 2.90 bits per heavy atom. The molecule has 1 saturated heterocycles. The lowest BCUT2D eigenvalue weighted by molar-refractivity contribution is -0.135. The molecular weight excluding hydrogens is 390 g/mol. The number of methoxy groups -OCH3 is 2. The molecular formula is C21H29N3O6. The number of amides is 3. The van der Waals surface area contributed by atoms with Gasteiger partial charge in [0, 0.05) is 45.7 Å². The first-order valence-corrected chi connectivity index (χ1v) is 10.1. The fourth-order valence-corrected chi connectivity index (χ4v) is 3.71. The Kier molecular flexibility index (Phi) is 7.15. The van der Waals surface area contributed by atoms with Crippen LogP contribution in [0.5, 0.6) is 11.5 Å². The van der Waals surface area contributed by atoms with Gasteiger partial charge in [0.15, 0.2) is 0 Å². The molecule has 1 aromatic rings. The van der Waals surface area contributed by atoms with Crippen LogP contribution in [0, 0.1) is 0 Å². The van der Waals surface area contributed by atoms with Crippen molar-refractivity contribution in [2.45, 2.75) is 31.3 Å². The Hall–Kier alpha value is -2.81. The largest absolute Gasteiger partial charge is 0.497 e. The van der Waals surface area contributed by atoms with Crippen LogP contribution < -0.4 is 20.1 Å². The maximum atomic E-state index is 12.6. The molecule has 1 fully saturated rings. The molecule has 0 aromatic heterocycles. The number of likely N-dealkylation sites (tertiary alicyclic amines) is 1. The van der Waals surface area contributed by atoms with Crippen LogP contribution in [0.25, 0.3) is 0 Å². The molecule has 0 aliphatic carbocycles. The number of ether oxygens (including phenoxy) is 3. The highest BCUT2D eigenvalue weighted by Gasteiger charge is 2.40. The van der Waals surface area contributed by atoms with Gasteiger partial charge in [-0.15, -0.1) is 0 Å². The maximum absolute atomic E-state index is 12.6. The van der Waals surface area contributed by atoms with Crippen LogP contribution in [0.15, 0.2) is 18.2 Å². The molecule has 1 aromatic carbocycles. The van der Waals surface area contributed by atoms with Crippen LogP contribution in [0.2, 0.25) is 0 Å². The third-order valence-electron chi connectivity index (χ3n) is 5.50. The molecule has 0 radical (unpaired) electrons. The summed E-state index contributed by atoms with van der Waals surface area (Å²) >= 11 is 0. The Bertz CT molecular complexity index is 799. The van der Waals surface area contributed by atoms with E-state index in [4.69, 9.17) is 14.2 Å². The van der Waals surface area contributed by atoms with Gasteiger partial charge in [-0.3, -0.25) is 14.4 Å². The minimum atomic E-state index is -0.716. The molecule has 2 heterocycles. The molecule has 2 aliphatic rings. The molecule has 2 aliphatic heterocycles. The van der Waals surface area contributed by atoms with Crippen LogP contribution in [-0.2, 0) is 14.3 Å². The normalized spacial score (nSPS) is 21.2. The monoisotopic (exact) mass is 419 g/mol. The van der Waals surface area contributed by atoms with Crippen LogP contribution in [-0.4, -0.2) is 75.2 Å². The quantitative estimate of drug-likeness (QED) is 0.631. The highest BCUT2D eigenvalue weighted by molar-refractivity contribution is 5.97. The zero-order valence-electron chi connectivity index (χ0n) is 17.5. The lowest BCUT2D eigenvalue weighted by Crippen LogP contribution is -2.46. The predicted molar refractivity (Wildman–Crippen MR) is 109 cm³/mol. The average Bonchev–Trinajstić information content (AvgIpc) is 2.98. The molecule has 2 N–H and O–H groups in total. The van der Waals surface area contributed by atoms with Crippen LogP contribution >= 0.6 is 0 Å². The van der Waals surface area contributed by atoms with Crippen LogP contribution in [0.1, 0.15) is 36.0 Å². The molecule has 9 nitrogen and oxygen atoms in total. The van der Waals surface area contributed by atoms with E-state index in [1.807, 2.05) is 0 Å². The zero-order valence-corrected chi connectivity index (χ0v) is 17.5. The molecule has 164 valence electrons. The van der Waals surface area contributed by atoms with Crippen molar-refractivity contribution in [1.29, 1.82) is 0 Å². The number of carbonyl (C=O) groups excluding carboxylic acids is 3. The molecule has 3 amide bonds. The Labute approximate surface area is 176 Å². The summed E-state index contributed by atoms with van der Waals surface area (Å²) in [5.74, 6) is 0.535. The molecule has 1 unspecified atom stereocenters. The molecule has 9 heteroatoms. The van der Waals surface area contributed by atoms with Crippen molar-refractivity contribution in [3.63, 3.8) is 0 Å². The van der Waals surface area contributed by atoms with Crippen molar-refractivity contribution in [2.75, 3.05) is 47.0 Å². The summed E-state index contributed by atoms with van der Waals surface area (Å²) in [6.07, 6.45) is 1.92. The summed E-state index contributed by atoms with van der Waals surface area (Å²) in [5, 5.41) is 5.71. The van der Waals surface area contributed by atoms with Crippen molar-refractivity contribution >= 4 is 17.7 Å². The molecule has 30 heavy (non-hydrogen) atoms. The summed E-state index contributed by atoms with van der Waals surface area (Å²) in [5.41, 5.74) is -0.275. The molecule has 1 spiro atoms. The number of benzene rings is 1. The lowest BCUT2D eigenvalue weighted by Gasteiger charge is -2.32. The van der Waals surface area contributed by atoms with E-state index in [1.54, 1.807) is 37.3 Å². The summed E-state index contributed by atoms with van der Waals surface area (Å²) in [6.45, 7) is 1.76. The fraction of sp³-hybridized carbons (Fsp3) is 0.571. The highest BCUT2D eigenvalue weighted by atomic mass is 16.5. The number of nitrogens with one attached hydrogen (secondary N) is 2. The van der Waals surface area contributed by atoms with E-state index in [-0.39, 0.29) is 30.7 Å². The van der Waals surface area contributed by atoms with Gasteiger partial charge in [-0.1, -0.05) is 0 Å². The van der Waals surface area contributed by atoms with Crippen molar-refractivity contribution in [1.82, 2.24) is 15.5 Å². The van der Waals surface area contributed by atoms with Crippen molar-refractivity contribution in [3.8, 4) is 11.5 Å². The Balaban J connectivity index is 1.67. The van der Waals surface area contributed by atoms with E-state index >= 15 is 0 Å².